The predicted octanol–water partition coefficient (Wildman–Crippen LogP) is 2.00. The van der Waals surface area contributed by atoms with Crippen molar-refractivity contribution in [3.8, 4) is 11.1 Å². The van der Waals surface area contributed by atoms with Crippen LogP contribution in [0.15, 0.2) is 48.9 Å². The zero-order chi connectivity index (χ0) is 16.0. The van der Waals surface area contributed by atoms with Crippen LogP contribution in [0.5, 0.6) is 0 Å². The number of hydrogen-bond acceptors (Lipinski definition) is 4. The summed E-state index contributed by atoms with van der Waals surface area (Å²) in [5.41, 5.74) is 3.85. The van der Waals surface area contributed by atoms with Crippen molar-refractivity contribution in [1.82, 2.24) is 19.5 Å². The fraction of sp³-hybridized carbons (Fsp3) is 0.0625. The first kappa shape index (κ1) is 13.8. The van der Waals surface area contributed by atoms with Crippen molar-refractivity contribution in [3.63, 3.8) is 0 Å². The lowest BCUT2D eigenvalue weighted by Gasteiger charge is -2.06. The van der Waals surface area contributed by atoms with Crippen LogP contribution in [0.25, 0.3) is 27.1 Å². The summed E-state index contributed by atoms with van der Waals surface area (Å²) in [7, 11) is -1.58. The molecule has 1 atom stereocenters. The van der Waals surface area contributed by atoms with Crippen LogP contribution in [0, 0.1) is 6.92 Å². The van der Waals surface area contributed by atoms with Gasteiger partial charge in [-0.3, -0.25) is 14.5 Å². The van der Waals surface area contributed by atoms with Gasteiger partial charge < -0.3 is 0 Å². The van der Waals surface area contributed by atoms with Crippen LogP contribution in [-0.4, -0.2) is 24.9 Å². The number of nitrogens with one attached hydrogen (secondary N) is 1. The fourth-order valence-electron chi connectivity index (χ4n) is 2.66. The van der Waals surface area contributed by atoms with Crippen LogP contribution < -0.4 is 4.72 Å². The maximum atomic E-state index is 12.0. The molecule has 114 valence electrons. The molecule has 1 amide bonds. The molecule has 7 heteroatoms. The molecule has 1 unspecified atom stereocenters. The summed E-state index contributed by atoms with van der Waals surface area (Å²) in [4.78, 5) is 15.6. The Labute approximate surface area is 134 Å². The lowest BCUT2D eigenvalue weighted by Crippen LogP contribution is -2.17. The zero-order valence-electron chi connectivity index (χ0n) is 12.2. The molecule has 3 heterocycles. The smallest absolute Gasteiger partial charge is 0.258 e. The Kier molecular flexibility index (Phi) is 3.09. The van der Waals surface area contributed by atoms with Gasteiger partial charge in [-0.1, -0.05) is 12.1 Å². The van der Waals surface area contributed by atoms with E-state index in [1.807, 2.05) is 25.1 Å². The molecule has 0 saturated heterocycles. The Bertz CT molecular complexity index is 1010. The summed E-state index contributed by atoms with van der Waals surface area (Å²) in [6, 6.07) is 7.84. The highest BCUT2D eigenvalue weighted by atomic mass is 32.2. The van der Waals surface area contributed by atoms with Crippen LogP contribution in [0.3, 0.4) is 0 Å². The van der Waals surface area contributed by atoms with Crippen molar-refractivity contribution < 1.29 is 9.00 Å². The number of rotatable bonds is 2. The van der Waals surface area contributed by atoms with Crippen LogP contribution in [0.1, 0.15) is 5.56 Å². The van der Waals surface area contributed by atoms with Crippen molar-refractivity contribution in [1.29, 1.82) is 0 Å². The summed E-state index contributed by atoms with van der Waals surface area (Å²) in [5.74, 6) is -0.374. The summed E-state index contributed by atoms with van der Waals surface area (Å²) in [6.07, 6.45) is 6.63. The van der Waals surface area contributed by atoms with Crippen LogP contribution >= 0.6 is 0 Å². The van der Waals surface area contributed by atoms with Gasteiger partial charge in [0.2, 0.25) is 0 Å². The lowest BCUT2D eigenvalue weighted by atomic mass is 10.0. The number of pyridine rings is 1. The first-order valence-corrected chi connectivity index (χ1v) is 8.12. The Morgan fingerprint density at radius 3 is 2.83 bits per heavy atom. The molecule has 0 radical (unpaired) electrons. The summed E-state index contributed by atoms with van der Waals surface area (Å²) in [5, 5.41) is 5.57. The molecular formula is C16H12N4O2S. The molecule has 0 bridgehead atoms. The molecule has 1 aromatic carbocycles. The van der Waals surface area contributed by atoms with Gasteiger partial charge in [0.05, 0.1) is 11.7 Å². The fourth-order valence-corrected chi connectivity index (χ4v) is 3.52. The average Bonchev–Trinajstić information content (AvgIpc) is 3.09. The molecule has 1 aliphatic heterocycles. The predicted molar refractivity (Wildman–Crippen MR) is 88.3 cm³/mol. The minimum absolute atomic E-state index is 0.338. The summed E-state index contributed by atoms with van der Waals surface area (Å²) < 4.78 is 15.8. The average molecular weight is 324 g/mol. The van der Waals surface area contributed by atoms with Gasteiger partial charge in [0.15, 0.2) is 16.0 Å². The minimum atomic E-state index is -1.58. The highest BCUT2D eigenvalue weighted by molar-refractivity contribution is 7.93. The number of aromatic nitrogens is 3. The quantitative estimate of drug-likeness (QED) is 0.782. The maximum Gasteiger partial charge on any atom is 0.258 e. The maximum absolute atomic E-state index is 12.0. The van der Waals surface area contributed by atoms with E-state index >= 15 is 0 Å². The van der Waals surface area contributed by atoms with E-state index < -0.39 is 11.0 Å². The van der Waals surface area contributed by atoms with Crippen molar-refractivity contribution in [2.45, 2.75) is 6.92 Å². The van der Waals surface area contributed by atoms with Crippen molar-refractivity contribution in [2.75, 3.05) is 0 Å². The number of benzene rings is 1. The van der Waals surface area contributed by atoms with E-state index in [1.165, 1.54) is 10.8 Å². The molecule has 2 aromatic heterocycles. The topological polar surface area (TPSA) is 76.9 Å². The van der Waals surface area contributed by atoms with E-state index in [0.717, 1.165) is 27.6 Å². The summed E-state index contributed by atoms with van der Waals surface area (Å²) >= 11 is 0. The van der Waals surface area contributed by atoms with E-state index in [9.17, 15) is 9.00 Å². The summed E-state index contributed by atoms with van der Waals surface area (Å²) in [6.45, 7) is 1.99. The van der Waals surface area contributed by atoms with Crippen LogP contribution in [0.2, 0.25) is 0 Å². The SMILES string of the molecule is Cc1cncc(-c2cccc3c2cnn3C2=CC(=O)NS2=O)c1. The van der Waals surface area contributed by atoms with E-state index in [2.05, 4.69) is 20.9 Å². The van der Waals surface area contributed by atoms with E-state index in [4.69, 9.17) is 0 Å². The number of hydrogen-bond donors (Lipinski definition) is 1. The van der Waals surface area contributed by atoms with E-state index in [-0.39, 0.29) is 5.91 Å². The van der Waals surface area contributed by atoms with Crippen molar-refractivity contribution in [2.24, 2.45) is 0 Å². The Balaban J connectivity index is 1.93. The molecular weight excluding hydrogens is 312 g/mol. The van der Waals surface area contributed by atoms with E-state index in [0.29, 0.717) is 5.03 Å². The third-order valence-electron chi connectivity index (χ3n) is 3.65. The number of fused-ring (bicyclic) bond motifs is 1. The monoisotopic (exact) mass is 324 g/mol. The third kappa shape index (κ3) is 2.25. The largest absolute Gasteiger partial charge is 0.269 e. The van der Waals surface area contributed by atoms with E-state index in [1.54, 1.807) is 18.6 Å². The van der Waals surface area contributed by atoms with Gasteiger partial charge in [0.25, 0.3) is 5.91 Å². The molecule has 0 aliphatic carbocycles. The number of carbonyl (C=O) groups excluding carboxylic acids is 1. The second kappa shape index (κ2) is 5.13. The van der Waals surface area contributed by atoms with Crippen molar-refractivity contribution in [3.05, 3.63) is 54.5 Å². The lowest BCUT2D eigenvalue weighted by molar-refractivity contribution is -0.114. The molecule has 4 rings (SSSR count). The Morgan fingerprint density at radius 1 is 1.22 bits per heavy atom. The third-order valence-corrected chi connectivity index (χ3v) is 4.70. The standard InChI is InChI=1S/C16H12N4O2S/c1-10-5-11(8-17-7-10)12-3-2-4-14-13(12)9-18-20(14)16-6-15(21)19-23(16)22/h2-9H,1H3,(H,19,21). The molecule has 3 aromatic rings. The van der Waals surface area contributed by atoms with Gasteiger partial charge in [-0.2, -0.15) is 5.10 Å². The Morgan fingerprint density at radius 2 is 2.09 bits per heavy atom. The second-order valence-corrected chi connectivity index (χ2v) is 6.42. The van der Waals surface area contributed by atoms with Crippen LogP contribution in [-0.2, 0) is 15.8 Å². The van der Waals surface area contributed by atoms with Gasteiger partial charge in [-0.25, -0.2) is 8.89 Å². The van der Waals surface area contributed by atoms with Gasteiger partial charge in [0, 0.05) is 29.4 Å². The number of nitrogens with zero attached hydrogens (tertiary/aromatic N) is 3. The molecule has 1 aliphatic rings. The van der Waals surface area contributed by atoms with Gasteiger partial charge >= 0.3 is 0 Å². The molecule has 23 heavy (non-hydrogen) atoms. The molecule has 6 nitrogen and oxygen atoms in total. The molecule has 1 N–H and O–H groups in total. The highest BCUT2D eigenvalue weighted by Crippen LogP contribution is 2.30. The number of amides is 1. The Hall–Kier alpha value is -2.80. The normalized spacial score (nSPS) is 17.3. The zero-order valence-corrected chi connectivity index (χ0v) is 13.0. The second-order valence-electron chi connectivity index (χ2n) is 5.26. The first-order chi connectivity index (χ1) is 11.1. The highest BCUT2D eigenvalue weighted by Gasteiger charge is 2.23. The van der Waals surface area contributed by atoms with Crippen LogP contribution in [0.4, 0.5) is 0 Å². The first-order valence-electron chi connectivity index (χ1n) is 6.97. The van der Waals surface area contributed by atoms with Gasteiger partial charge in [0.1, 0.15) is 0 Å². The molecule has 0 fully saturated rings. The van der Waals surface area contributed by atoms with Gasteiger partial charge in [-0.05, 0) is 30.2 Å². The van der Waals surface area contributed by atoms with Crippen molar-refractivity contribution >= 4 is 32.8 Å². The molecule has 0 spiro atoms. The number of aryl methyl sites for hydroxylation is 1. The number of carbonyl (C=O) groups is 1. The minimum Gasteiger partial charge on any atom is -0.269 e. The molecule has 0 saturated carbocycles. The van der Waals surface area contributed by atoms with Gasteiger partial charge in [-0.15, -0.1) is 0 Å².